The number of halogens is 1. The summed E-state index contributed by atoms with van der Waals surface area (Å²) in [5, 5.41) is 16.5. The van der Waals surface area contributed by atoms with Crippen LogP contribution in [0.25, 0.3) is 0 Å². The van der Waals surface area contributed by atoms with Gasteiger partial charge in [-0.2, -0.15) is 10.4 Å². The summed E-state index contributed by atoms with van der Waals surface area (Å²) in [5.74, 6) is 0.845. The van der Waals surface area contributed by atoms with E-state index in [-0.39, 0.29) is 0 Å². The van der Waals surface area contributed by atoms with Crippen LogP contribution in [0.2, 0.25) is 5.02 Å². The largest absolute Gasteiger partial charge is 0.377 e. The Morgan fingerprint density at radius 2 is 2.33 bits per heavy atom. The van der Waals surface area contributed by atoms with E-state index in [1.165, 1.54) is 6.33 Å². The second-order valence-electron chi connectivity index (χ2n) is 3.65. The molecule has 2 rings (SSSR count). The van der Waals surface area contributed by atoms with Gasteiger partial charge >= 0.3 is 0 Å². The first-order chi connectivity index (χ1) is 8.74. The van der Waals surface area contributed by atoms with Crippen LogP contribution in [0.3, 0.4) is 0 Å². The lowest BCUT2D eigenvalue weighted by Gasteiger charge is -2.08. The molecule has 0 bridgehead atoms. The number of hydrogen-bond acceptors (Lipinski definition) is 4. The highest BCUT2D eigenvalue weighted by Crippen LogP contribution is 2.23. The van der Waals surface area contributed by atoms with E-state index in [2.05, 4.69) is 15.4 Å². The highest BCUT2D eigenvalue weighted by molar-refractivity contribution is 6.33. The SMILES string of the molecule is CCn1ncnc1CNc1ccc(C#N)cc1Cl. The first kappa shape index (κ1) is 12.4. The summed E-state index contributed by atoms with van der Waals surface area (Å²) in [7, 11) is 0. The van der Waals surface area contributed by atoms with Crippen molar-refractivity contribution < 1.29 is 0 Å². The van der Waals surface area contributed by atoms with Crippen LogP contribution in [-0.4, -0.2) is 14.8 Å². The summed E-state index contributed by atoms with van der Waals surface area (Å²) in [6.07, 6.45) is 1.53. The molecule has 92 valence electrons. The third-order valence-electron chi connectivity index (χ3n) is 2.53. The maximum absolute atomic E-state index is 8.75. The van der Waals surface area contributed by atoms with Crippen LogP contribution in [0.15, 0.2) is 24.5 Å². The molecule has 0 saturated carbocycles. The van der Waals surface area contributed by atoms with E-state index in [1.54, 1.807) is 18.2 Å². The summed E-state index contributed by atoms with van der Waals surface area (Å²) < 4.78 is 1.81. The van der Waals surface area contributed by atoms with E-state index >= 15 is 0 Å². The lowest BCUT2D eigenvalue weighted by Crippen LogP contribution is -2.09. The molecule has 0 radical (unpaired) electrons. The van der Waals surface area contributed by atoms with E-state index in [0.717, 1.165) is 18.1 Å². The van der Waals surface area contributed by atoms with Crippen LogP contribution in [0, 0.1) is 11.3 Å². The highest BCUT2D eigenvalue weighted by atomic mass is 35.5. The van der Waals surface area contributed by atoms with Crippen LogP contribution < -0.4 is 5.32 Å². The van der Waals surface area contributed by atoms with E-state index in [1.807, 2.05) is 17.7 Å². The zero-order valence-corrected chi connectivity index (χ0v) is 10.6. The fourth-order valence-electron chi connectivity index (χ4n) is 1.59. The number of rotatable bonds is 4. The molecule has 2 aromatic rings. The fourth-order valence-corrected chi connectivity index (χ4v) is 1.84. The van der Waals surface area contributed by atoms with Gasteiger partial charge in [0.2, 0.25) is 0 Å². The molecule has 1 aromatic heterocycles. The van der Waals surface area contributed by atoms with Gasteiger partial charge in [-0.05, 0) is 25.1 Å². The van der Waals surface area contributed by atoms with Crippen LogP contribution in [0.5, 0.6) is 0 Å². The Kier molecular flexibility index (Phi) is 3.80. The molecule has 0 amide bonds. The van der Waals surface area contributed by atoms with E-state index in [4.69, 9.17) is 16.9 Å². The zero-order chi connectivity index (χ0) is 13.0. The summed E-state index contributed by atoms with van der Waals surface area (Å²) >= 11 is 6.07. The molecule has 1 heterocycles. The number of benzene rings is 1. The second kappa shape index (κ2) is 5.52. The van der Waals surface area contributed by atoms with Gasteiger partial charge in [-0.25, -0.2) is 9.67 Å². The van der Waals surface area contributed by atoms with Gasteiger partial charge in [0.1, 0.15) is 12.2 Å². The summed E-state index contributed by atoms with van der Waals surface area (Å²) in [4.78, 5) is 4.16. The minimum Gasteiger partial charge on any atom is -0.377 e. The van der Waals surface area contributed by atoms with Gasteiger partial charge in [0.25, 0.3) is 0 Å². The van der Waals surface area contributed by atoms with Gasteiger partial charge in [0.05, 0.1) is 28.9 Å². The number of nitrogens with zero attached hydrogens (tertiary/aromatic N) is 4. The van der Waals surface area contributed by atoms with Crippen molar-refractivity contribution in [3.63, 3.8) is 0 Å². The number of aromatic nitrogens is 3. The van der Waals surface area contributed by atoms with Gasteiger partial charge in [-0.15, -0.1) is 0 Å². The van der Waals surface area contributed by atoms with Crippen molar-refractivity contribution in [2.24, 2.45) is 0 Å². The summed E-state index contributed by atoms with van der Waals surface area (Å²) in [6.45, 7) is 3.32. The fraction of sp³-hybridized carbons (Fsp3) is 0.250. The molecule has 0 unspecified atom stereocenters. The average Bonchev–Trinajstić information content (AvgIpc) is 2.84. The molecule has 0 fully saturated rings. The summed E-state index contributed by atoms with van der Waals surface area (Å²) in [5.41, 5.74) is 1.32. The molecule has 6 heteroatoms. The first-order valence-electron chi connectivity index (χ1n) is 5.54. The van der Waals surface area contributed by atoms with Crippen LogP contribution in [0.4, 0.5) is 5.69 Å². The number of nitrogens with one attached hydrogen (secondary N) is 1. The Balaban J connectivity index is 2.09. The standard InChI is InChI=1S/C12H12ClN5/c1-2-18-12(16-8-17-18)7-15-11-4-3-9(6-14)5-10(11)13/h3-5,8,15H,2,7H2,1H3. The van der Waals surface area contributed by atoms with Crippen LogP contribution >= 0.6 is 11.6 Å². The number of hydrogen-bond donors (Lipinski definition) is 1. The lowest BCUT2D eigenvalue weighted by atomic mass is 10.2. The van der Waals surface area contributed by atoms with E-state index in [0.29, 0.717) is 17.1 Å². The lowest BCUT2D eigenvalue weighted by molar-refractivity contribution is 0.622. The highest BCUT2D eigenvalue weighted by Gasteiger charge is 2.05. The quantitative estimate of drug-likeness (QED) is 0.918. The Bertz CT molecular complexity index is 584. The van der Waals surface area contributed by atoms with Gasteiger partial charge in [-0.3, -0.25) is 0 Å². The van der Waals surface area contributed by atoms with Crippen molar-refractivity contribution in [3.05, 3.63) is 40.9 Å². The number of nitriles is 1. The number of anilines is 1. The smallest absolute Gasteiger partial charge is 0.146 e. The maximum Gasteiger partial charge on any atom is 0.146 e. The van der Waals surface area contributed by atoms with Gasteiger partial charge < -0.3 is 5.32 Å². The molecule has 18 heavy (non-hydrogen) atoms. The molecule has 1 N–H and O–H groups in total. The van der Waals surface area contributed by atoms with E-state index < -0.39 is 0 Å². The second-order valence-corrected chi connectivity index (χ2v) is 4.06. The molecule has 0 atom stereocenters. The molecule has 5 nitrogen and oxygen atoms in total. The molecule has 0 aliphatic rings. The number of aryl methyl sites for hydroxylation is 1. The predicted molar refractivity (Wildman–Crippen MR) is 69.2 cm³/mol. The van der Waals surface area contributed by atoms with Crippen molar-refractivity contribution in [2.75, 3.05) is 5.32 Å². The molecule has 0 saturated heterocycles. The molecular weight excluding hydrogens is 250 g/mol. The van der Waals surface area contributed by atoms with Gasteiger partial charge in [0.15, 0.2) is 0 Å². The predicted octanol–water partition coefficient (Wildman–Crippen LogP) is 2.44. The maximum atomic E-state index is 8.75. The Hall–Kier alpha value is -2.06. The van der Waals surface area contributed by atoms with Crippen molar-refractivity contribution in [1.82, 2.24) is 14.8 Å². The zero-order valence-electron chi connectivity index (χ0n) is 9.89. The molecule has 0 aliphatic heterocycles. The Morgan fingerprint density at radius 3 is 3.00 bits per heavy atom. The van der Waals surface area contributed by atoms with Crippen molar-refractivity contribution in [2.45, 2.75) is 20.0 Å². The van der Waals surface area contributed by atoms with E-state index in [9.17, 15) is 0 Å². The normalized spacial score (nSPS) is 10.1. The molecule has 1 aromatic carbocycles. The van der Waals surface area contributed by atoms with Gasteiger partial charge in [-0.1, -0.05) is 11.6 Å². The average molecular weight is 262 g/mol. The minimum absolute atomic E-state index is 0.525. The van der Waals surface area contributed by atoms with Crippen LogP contribution in [0.1, 0.15) is 18.3 Å². The summed E-state index contributed by atoms with van der Waals surface area (Å²) in [6, 6.07) is 7.18. The molecular formula is C12H12ClN5. The van der Waals surface area contributed by atoms with Crippen molar-refractivity contribution in [3.8, 4) is 6.07 Å². The minimum atomic E-state index is 0.525. The van der Waals surface area contributed by atoms with Crippen molar-refractivity contribution in [1.29, 1.82) is 5.26 Å². The molecule has 0 spiro atoms. The van der Waals surface area contributed by atoms with Crippen molar-refractivity contribution >= 4 is 17.3 Å². The first-order valence-corrected chi connectivity index (χ1v) is 5.92. The Morgan fingerprint density at radius 1 is 1.50 bits per heavy atom. The Labute approximate surface area is 110 Å². The third kappa shape index (κ3) is 2.60. The topological polar surface area (TPSA) is 66.5 Å². The molecule has 0 aliphatic carbocycles. The monoisotopic (exact) mass is 261 g/mol. The van der Waals surface area contributed by atoms with Gasteiger partial charge in [0, 0.05) is 6.54 Å². The van der Waals surface area contributed by atoms with Crippen LogP contribution in [-0.2, 0) is 13.1 Å². The third-order valence-corrected chi connectivity index (χ3v) is 2.84.